The van der Waals surface area contributed by atoms with E-state index in [9.17, 15) is 9.18 Å². The first-order valence-corrected chi connectivity index (χ1v) is 9.41. The third kappa shape index (κ3) is 3.80. The lowest BCUT2D eigenvalue weighted by molar-refractivity contribution is -0.134. The maximum Gasteiger partial charge on any atom is 0.260 e. The smallest absolute Gasteiger partial charge is 0.260 e. The SMILES string of the molecule is Cc1ccc(F)c(OCC(=O)N2CCC(c3nnc4n3CCNC4)CC2)c1. The third-order valence-corrected chi connectivity index (χ3v) is 5.30. The molecule has 1 aromatic carbocycles. The van der Waals surface area contributed by atoms with E-state index >= 15 is 0 Å². The van der Waals surface area contributed by atoms with E-state index in [2.05, 4.69) is 20.1 Å². The summed E-state index contributed by atoms with van der Waals surface area (Å²) in [6.07, 6.45) is 1.71. The molecule has 0 saturated carbocycles. The van der Waals surface area contributed by atoms with Gasteiger partial charge in [-0.25, -0.2) is 4.39 Å². The summed E-state index contributed by atoms with van der Waals surface area (Å²) in [7, 11) is 0. The lowest BCUT2D eigenvalue weighted by Gasteiger charge is -2.32. The van der Waals surface area contributed by atoms with Crippen molar-refractivity contribution in [3.63, 3.8) is 0 Å². The van der Waals surface area contributed by atoms with Gasteiger partial charge in [0.25, 0.3) is 5.91 Å². The molecule has 1 amide bonds. The molecule has 0 bridgehead atoms. The van der Waals surface area contributed by atoms with E-state index in [-0.39, 0.29) is 18.3 Å². The summed E-state index contributed by atoms with van der Waals surface area (Å²) in [6.45, 7) is 5.62. The van der Waals surface area contributed by atoms with Gasteiger partial charge in [0.05, 0.1) is 6.54 Å². The van der Waals surface area contributed by atoms with E-state index < -0.39 is 5.82 Å². The lowest BCUT2D eigenvalue weighted by atomic mass is 9.95. The Bertz CT molecular complexity index is 830. The number of piperidine rings is 1. The summed E-state index contributed by atoms with van der Waals surface area (Å²) in [5, 5.41) is 12.0. The Labute approximate surface area is 157 Å². The second-order valence-electron chi connectivity index (χ2n) is 7.18. The minimum atomic E-state index is -0.446. The van der Waals surface area contributed by atoms with E-state index in [1.165, 1.54) is 6.07 Å². The second kappa shape index (κ2) is 7.64. The Morgan fingerprint density at radius 2 is 2.11 bits per heavy atom. The van der Waals surface area contributed by atoms with Crippen LogP contribution in [0.15, 0.2) is 18.2 Å². The van der Waals surface area contributed by atoms with Crippen molar-refractivity contribution in [3.8, 4) is 5.75 Å². The van der Waals surface area contributed by atoms with Crippen molar-refractivity contribution in [1.82, 2.24) is 25.0 Å². The molecule has 3 heterocycles. The van der Waals surface area contributed by atoms with Gasteiger partial charge in [0.1, 0.15) is 11.6 Å². The molecular formula is C19H24FN5O2. The van der Waals surface area contributed by atoms with E-state index in [1.807, 2.05) is 6.92 Å². The largest absolute Gasteiger partial charge is 0.481 e. The summed E-state index contributed by atoms with van der Waals surface area (Å²) >= 11 is 0. The molecule has 2 aliphatic rings. The fourth-order valence-corrected chi connectivity index (χ4v) is 3.76. The number of carbonyl (C=O) groups is 1. The monoisotopic (exact) mass is 373 g/mol. The van der Waals surface area contributed by atoms with Crippen LogP contribution in [0.3, 0.4) is 0 Å². The average Bonchev–Trinajstić information content (AvgIpc) is 3.13. The number of likely N-dealkylation sites (tertiary alicyclic amines) is 1. The first-order valence-electron chi connectivity index (χ1n) is 9.41. The van der Waals surface area contributed by atoms with Crippen molar-refractivity contribution in [2.24, 2.45) is 0 Å². The average molecular weight is 373 g/mol. The first-order chi connectivity index (χ1) is 13.1. The molecular weight excluding hydrogens is 349 g/mol. The first kappa shape index (κ1) is 17.9. The number of aryl methyl sites for hydroxylation is 1. The molecule has 2 aromatic rings. The normalized spacial score (nSPS) is 17.6. The van der Waals surface area contributed by atoms with E-state index in [1.54, 1.807) is 17.0 Å². The minimum absolute atomic E-state index is 0.109. The maximum atomic E-state index is 13.7. The van der Waals surface area contributed by atoms with Gasteiger partial charge in [-0.1, -0.05) is 6.07 Å². The molecule has 144 valence electrons. The van der Waals surface area contributed by atoms with Gasteiger partial charge in [0.15, 0.2) is 18.2 Å². The van der Waals surface area contributed by atoms with Crippen LogP contribution < -0.4 is 10.1 Å². The summed E-state index contributed by atoms with van der Waals surface area (Å²) in [5.41, 5.74) is 0.895. The van der Waals surface area contributed by atoms with Crippen molar-refractivity contribution in [2.45, 2.75) is 38.8 Å². The fraction of sp³-hybridized carbons (Fsp3) is 0.526. The van der Waals surface area contributed by atoms with E-state index in [4.69, 9.17) is 4.74 Å². The Kier molecular flexibility index (Phi) is 5.07. The quantitative estimate of drug-likeness (QED) is 0.882. The number of benzene rings is 1. The van der Waals surface area contributed by atoms with Gasteiger partial charge < -0.3 is 19.5 Å². The zero-order valence-corrected chi connectivity index (χ0v) is 15.4. The number of ether oxygens (including phenoxy) is 1. The maximum absolute atomic E-state index is 13.7. The summed E-state index contributed by atoms with van der Waals surface area (Å²) < 4.78 is 21.4. The number of hydrogen-bond donors (Lipinski definition) is 1. The molecule has 27 heavy (non-hydrogen) atoms. The number of amides is 1. The molecule has 1 fully saturated rings. The minimum Gasteiger partial charge on any atom is -0.481 e. The molecule has 8 heteroatoms. The van der Waals surface area contributed by atoms with Crippen LogP contribution >= 0.6 is 0 Å². The van der Waals surface area contributed by atoms with Crippen molar-refractivity contribution in [1.29, 1.82) is 0 Å². The molecule has 0 radical (unpaired) electrons. The highest BCUT2D eigenvalue weighted by molar-refractivity contribution is 5.77. The number of nitrogens with zero attached hydrogens (tertiary/aromatic N) is 4. The van der Waals surface area contributed by atoms with Gasteiger partial charge in [0.2, 0.25) is 0 Å². The Balaban J connectivity index is 1.32. The standard InChI is InChI=1S/C19H24FN5O2/c1-13-2-3-15(20)16(10-13)27-12-18(26)24-7-4-14(5-8-24)19-23-22-17-11-21-6-9-25(17)19/h2-3,10,14,21H,4-9,11-12H2,1H3. The van der Waals surface area contributed by atoms with Crippen LogP contribution in [0.5, 0.6) is 5.75 Å². The highest BCUT2D eigenvalue weighted by Gasteiger charge is 2.28. The van der Waals surface area contributed by atoms with Gasteiger partial charge in [-0.05, 0) is 37.5 Å². The Hall–Kier alpha value is -2.48. The number of aromatic nitrogens is 3. The van der Waals surface area contributed by atoms with Gasteiger partial charge in [0, 0.05) is 32.1 Å². The number of carbonyl (C=O) groups excluding carboxylic acids is 1. The predicted molar refractivity (Wildman–Crippen MR) is 96.9 cm³/mol. The molecule has 0 aliphatic carbocycles. The zero-order chi connectivity index (χ0) is 18.8. The summed E-state index contributed by atoms with van der Waals surface area (Å²) in [4.78, 5) is 14.2. The number of hydrogen-bond acceptors (Lipinski definition) is 5. The van der Waals surface area contributed by atoms with Crippen LogP contribution in [0.2, 0.25) is 0 Å². The van der Waals surface area contributed by atoms with Crippen molar-refractivity contribution in [2.75, 3.05) is 26.2 Å². The highest BCUT2D eigenvalue weighted by Crippen LogP contribution is 2.28. The van der Waals surface area contributed by atoms with E-state index in [0.717, 1.165) is 49.7 Å². The molecule has 1 N–H and O–H groups in total. The third-order valence-electron chi connectivity index (χ3n) is 5.30. The molecule has 7 nitrogen and oxygen atoms in total. The Morgan fingerprint density at radius 1 is 1.30 bits per heavy atom. The van der Waals surface area contributed by atoms with Crippen LogP contribution in [0.25, 0.3) is 0 Å². The molecule has 0 spiro atoms. The summed E-state index contributed by atoms with van der Waals surface area (Å²) in [5.74, 6) is 1.92. The van der Waals surface area contributed by atoms with Gasteiger partial charge >= 0.3 is 0 Å². The zero-order valence-electron chi connectivity index (χ0n) is 15.4. The number of halogens is 1. The number of fused-ring (bicyclic) bond motifs is 1. The molecule has 2 aliphatic heterocycles. The second-order valence-corrected chi connectivity index (χ2v) is 7.18. The number of rotatable bonds is 4. The van der Waals surface area contributed by atoms with Gasteiger partial charge in [-0.2, -0.15) is 0 Å². The highest BCUT2D eigenvalue weighted by atomic mass is 19.1. The van der Waals surface area contributed by atoms with Crippen molar-refractivity contribution < 1.29 is 13.9 Å². The van der Waals surface area contributed by atoms with Crippen molar-refractivity contribution in [3.05, 3.63) is 41.2 Å². The van der Waals surface area contributed by atoms with Gasteiger partial charge in [-0.3, -0.25) is 4.79 Å². The molecule has 0 atom stereocenters. The predicted octanol–water partition coefficient (Wildman–Crippen LogP) is 1.61. The molecule has 0 unspecified atom stereocenters. The van der Waals surface area contributed by atoms with Crippen LogP contribution in [-0.4, -0.2) is 51.8 Å². The van der Waals surface area contributed by atoms with Crippen LogP contribution in [0.1, 0.15) is 36.0 Å². The van der Waals surface area contributed by atoms with Crippen LogP contribution in [-0.2, 0) is 17.9 Å². The molecule has 4 rings (SSSR count). The van der Waals surface area contributed by atoms with Crippen LogP contribution in [0, 0.1) is 12.7 Å². The fourth-order valence-electron chi connectivity index (χ4n) is 3.76. The van der Waals surface area contributed by atoms with E-state index in [0.29, 0.717) is 19.0 Å². The Morgan fingerprint density at radius 3 is 2.93 bits per heavy atom. The lowest BCUT2D eigenvalue weighted by Crippen LogP contribution is -2.41. The van der Waals surface area contributed by atoms with Gasteiger partial charge in [-0.15, -0.1) is 10.2 Å². The molecule has 1 aromatic heterocycles. The van der Waals surface area contributed by atoms with Crippen LogP contribution in [0.4, 0.5) is 4.39 Å². The summed E-state index contributed by atoms with van der Waals surface area (Å²) in [6, 6.07) is 4.64. The topological polar surface area (TPSA) is 72.3 Å². The molecule has 1 saturated heterocycles. The number of nitrogens with one attached hydrogen (secondary N) is 1. The van der Waals surface area contributed by atoms with Crippen molar-refractivity contribution >= 4 is 5.91 Å².